The van der Waals surface area contributed by atoms with Crippen molar-refractivity contribution in [2.75, 3.05) is 12.4 Å². The molecule has 0 radical (unpaired) electrons. The normalized spacial score (nSPS) is 11.7. The molecule has 0 aliphatic carbocycles. The topological polar surface area (TPSA) is 99.6 Å². The first-order valence-corrected chi connectivity index (χ1v) is 5.94. The maximum atomic E-state index is 11.9. The van der Waals surface area contributed by atoms with Crippen LogP contribution in [0.25, 0.3) is 0 Å². The van der Waals surface area contributed by atoms with E-state index in [2.05, 4.69) is 10.3 Å². The van der Waals surface area contributed by atoms with Crippen molar-refractivity contribution >= 4 is 34.3 Å². The standard InChI is InChI=1S/C10H13N3O4S/c1-5(9(16)17)13(3)8(15)7-4-18-10(12-7)11-6(2)14/h4-5H,1-3H3,(H,16,17)(H,11,12,14). The molecular weight excluding hydrogens is 258 g/mol. The lowest BCUT2D eigenvalue weighted by Crippen LogP contribution is -2.40. The van der Waals surface area contributed by atoms with Crippen molar-refractivity contribution < 1.29 is 19.5 Å². The highest BCUT2D eigenvalue weighted by Crippen LogP contribution is 2.17. The summed E-state index contributed by atoms with van der Waals surface area (Å²) in [5.74, 6) is -1.88. The van der Waals surface area contributed by atoms with Crippen LogP contribution in [0.4, 0.5) is 5.13 Å². The number of amides is 2. The molecule has 8 heteroatoms. The summed E-state index contributed by atoms with van der Waals surface area (Å²) < 4.78 is 0. The lowest BCUT2D eigenvalue weighted by atomic mass is 10.3. The summed E-state index contributed by atoms with van der Waals surface area (Å²) in [5, 5.41) is 13.0. The SMILES string of the molecule is CC(=O)Nc1nc(C(=O)N(C)C(C)C(=O)O)cs1. The summed E-state index contributed by atoms with van der Waals surface area (Å²) in [6.45, 7) is 2.74. The van der Waals surface area contributed by atoms with Gasteiger partial charge < -0.3 is 15.3 Å². The van der Waals surface area contributed by atoms with Crippen molar-refractivity contribution in [1.29, 1.82) is 0 Å². The number of hydrogen-bond acceptors (Lipinski definition) is 5. The van der Waals surface area contributed by atoms with Crippen molar-refractivity contribution in [3.63, 3.8) is 0 Å². The van der Waals surface area contributed by atoms with Crippen molar-refractivity contribution in [3.8, 4) is 0 Å². The molecule has 0 saturated heterocycles. The Kier molecular flexibility index (Phi) is 4.38. The average molecular weight is 271 g/mol. The van der Waals surface area contributed by atoms with E-state index in [4.69, 9.17) is 5.11 Å². The molecule has 0 aliphatic rings. The Bertz CT molecular complexity index is 485. The zero-order valence-electron chi connectivity index (χ0n) is 10.1. The van der Waals surface area contributed by atoms with Crippen molar-refractivity contribution in [2.45, 2.75) is 19.9 Å². The largest absolute Gasteiger partial charge is 0.480 e. The van der Waals surface area contributed by atoms with E-state index in [-0.39, 0.29) is 11.6 Å². The molecular formula is C10H13N3O4S. The second-order valence-electron chi connectivity index (χ2n) is 3.65. The number of carboxylic acid groups (broad SMARTS) is 1. The van der Waals surface area contributed by atoms with Gasteiger partial charge >= 0.3 is 5.97 Å². The lowest BCUT2D eigenvalue weighted by molar-refractivity contribution is -0.141. The van der Waals surface area contributed by atoms with E-state index in [0.29, 0.717) is 5.13 Å². The molecule has 0 aromatic carbocycles. The molecule has 0 aliphatic heterocycles. The maximum absolute atomic E-state index is 11.9. The fourth-order valence-corrected chi connectivity index (χ4v) is 1.83. The van der Waals surface area contributed by atoms with Gasteiger partial charge in [0.1, 0.15) is 11.7 Å². The number of thiazole rings is 1. The number of carboxylic acids is 1. The number of carbonyl (C=O) groups excluding carboxylic acids is 2. The van der Waals surface area contributed by atoms with Crippen LogP contribution in [-0.4, -0.2) is 45.9 Å². The Morgan fingerprint density at radius 3 is 2.61 bits per heavy atom. The van der Waals surface area contributed by atoms with Crippen LogP contribution in [0.15, 0.2) is 5.38 Å². The number of carbonyl (C=O) groups is 3. The molecule has 1 aromatic rings. The van der Waals surface area contributed by atoms with Gasteiger partial charge in [0.2, 0.25) is 5.91 Å². The number of aliphatic carboxylic acids is 1. The second-order valence-corrected chi connectivity index (χ2v) is 4.51. The van der Waals surface area contributed by atoms with Gasteiger partial charge in [0.15, 0.2) is 5.13 Å². The van der Waals surface area contributed by atoms with Gasteiger partial charge in [-0.25, -0.2) is 9.78 Å². The fourth-order valence-electron chi connectivity index (χ4n) is 1.10. The first kappa shape index (κ1) is 14.1. The fraction of sp³-hybridized carbons (Fsp3) is 0.400. The minimum atomic E-state index is -1.09. The van der Waals surface area contributed by atoms with Gasteiger partial charge in [-0.05, 0) is 6.92 Å². The highest BCUT2D eigenvalue weighted by atomic mass is 32.1. The van der Waals surface area contributed by atoms with Gasteiger partial charge in [-0.3, -0.25) is 9.59 Å². The summed E-state index contributed by atoms with van der Waals surface area (Å²) in [4.78, 5) is 38.4. The summed E-state index contributed by atoms with van der Waals surface area (Å²) in [6.07, 6.45) is 0. The van der Waals surface area contributed by atoms with E-state index < -0.39 is 17.9 Å². The van der Waals surface area contributed by atoms with Crippen LogP contribution < -0.4 is 5.32 Å². The Labute approximate surface area is 107 Å². The number of aromatic nitrogens is 1. The van der Waals surface area contributed by atoms with E-state index in [0.717, 1.165) is 16.2 Å². The van der Waals surface area contributed by atoms with Crippen LogP contribution in [0, 0.1) is 0 Å². The number of hydrogen-bond donors (Lipinski definition) is 2. The number of nitrogens with one attached hydrogen (secondary N) is 1. The van der Waals surface area contributed by atoms with Gasteiger partial charge in [-0.15, -0.1) is 11.3 Å². The molecule has 0 saturated carbocycles. The monoisotopic (exact) mass is 271 g/mol. The first-order chi connectivity index (χ1) is 8.32. The molecule has 2 N–H and O–H groups in total. The summed E-state index contributed by atoms with van der Waals surface area (Å²) in [5.41, 5.74) is 0.111. The third-order valence-electron chi connectivity index (χ3n) is 2.26. The zero-order valence-corrected chi connectivity index (χ0v) is 10.9. The van der Waals surface area contributed by atoms with E-state index in [9.17, 15) is 14.4 Å². The summed E-state index contributed by atoms with van der Waals surface area (Å²) in [6, 6.07) is -0.941. The van der Waals surface area contributed by atoms with Gasteiger partial charge in [-0.1, -0.05) is 0 Å². The van der Waals surface area contributed by atoms with Gasteiger partial charge in [0, 0.05) is 19.4 Å². The molecule has 0 fully saturated rings. The van der Waals surface area contributed by atoms with E-state index in [1.54, 1.807) is 0 Å². The van der Waals surface area contributed by atoms with Crippen molar-refractivity contribution in [2.24, 2.45) is 0 Å². The first-order valence-electron chi connectivity index (χ1n) is 5.06. The number of nitrogens with zero attached hydrogens (tertiary/aromatic N) is 2. The lowest BCUT2D eigenvalue weighted by Gasteiger charge is -2.20. The highest BCUT2D eigenvalue weighted by Gasteiger charge is 2.24. The smallest absolute Gasteiger partial charge is 0.326 e. The molecule has 1 unspecified atom stereocenters. The highest BCUT2D eigenvalue weighted by molar-refractivity contribution is 7.14. The van der Waals surface area contributed by atoms with E-state index in [1.165, 1.54) is 26.3 Å². The van der Waals surface area contributed by atoms with Crippen LogP contribution in [0.1, 0.15) is 24.3 Å². The Hall–Kier alpha value is -1.96. The number of rotatable bonds is 4. The number of anilines is 1. The third-order valence-corrected chi connectivity index (χ3v) is 3.02. The molecule has 2 amide bonds. The zero-order chi connectivity index (χ0) is 13.9. The Morgan fingerprint density at radius 2 is 2.11 bits per heavy atom. The molecule has 1 rings (SSSR count). The van der Waals surface area contributed by atoms with Gasteiger partial charge in [0.25, 0.3) is 5.91 Å². The van der Waals surface area contributed by atoms with Crippen LogP contribution in [0.2, 0.25) is 0 Å². The van der Waals surface area contributed by atoms with Crippen LogP contribution in [0.5, 0.6) is 0 Å². The molecule has 18 heavy (non-hydrogen) atoms. The van der Waals surface area contributed by atoms with E-state index >= 15 is 0 Å². The van der Waals surface area contributed by atoms with Gasteiger partial charge in [-0.2, -0.15) is 0 Å². The molecule has 1 aromatic heterocycles. The predicted molar refractivity (Wildman–Crippen MR) is 65.6 cm³/mol. The Balaban J connectivity index is 2.81. The molecule has 1 heterocycles. The van der Waals surface area contributed by atoms with Crippen LogP contribution >= 0.6 is 11.3 Å². The third kappa shape index (κ3) is 3.27. The number of likely N-dealkylation sites (N-methyl/N-ethyl adjacent to an activating group) is 1. The summed E-state index contributed by atoms with van der Waals surface area (Å²) in [7, 11) is 1.39. The molecule has 0 spiro atoms. The second kappa shape index (κ2) is 5.58. The quantitative estimate of drug-likeness (QED) is 0.837. The van der Waals surface area contributed by atoms with Crippen molar-refractivity contribution in [1.82, 2.24) is 9.88 Å². The minimum absolute atomic E-state index is 0.111. The summed E-state index contributed by atoms with van der Waals surface area (Å²) >= 11 is 1.11. The Morgan fingerprint density at radius 1 is 1.50 bits per heavy atom. The minimum Gasteiger partial charge on any atom is -0.480 e. The molecule has 98 valence electrons. The van der Waals surface area contributed by atoms with Crippen molar-refractivity contribution in [3.05, 3.63) is 11.1 Å². The maximum Gasteiger partial charge on any atom is 0.326 e. The predicted octanol–water partition coefficient (Wildman–Crippen LogP) is 0.647. The molecule has 1 atom stereocenters. The average Bonchev–Trinajstić information content (AvgIpc) is 2.73. The van der Waals surface area contributed by atoms with Crippen LogP contribution in [0.3, 0.4) is 0 Å². The molecule has 7 nitrogen and oxygen atoms in total. The molecule has 0 bridgehead atoms. The van der Waals surface area contributed by atoms with Gasteiger partial charge in [0.05, 0.1) is 0 Å². The van der Waals surface area contributed by atoms with Crippen LogP contribution in [-0.2, 0) is 9.59 Å². The van der Waals surface area contributed by atoms with E-state index in [1.807, 2.05) is 0 Å².